The van der Waals surface area contributed by atoms with E-state index in [-0.39, 0.29) is 17.1 Å². The number of carbonyl (C=O) groups is 2. The molecule has 0 spiro atoms. The number of nitriles is 1. The molecule has 0 saturated carbocycles. The number of benzene rings is 3. The van der Waals surface area contributed by atoms with E-state index in [1.807, 2.05) is 6.07 Å². The SMILES string of the molecule is C=CCOc1cc(OCCC(F)(F)C(F)(F)C(F)(F)C(F)(F)C(F)(F)C(F)(F)C(F)(F)C(F)(F)F)ccc1C(=O)Oc1ccc(C(=O)Oc2ccc(C#N)cc2)cc1. The third-order valence-corrected chi connectivity index (χ3v) is 7.50. The highest BCUT2D eigenvalue weighted by Gasteiger charge is 2.95. The fourth-order valence-corrected chi connectivity index (χ4v) is 4.26. The number of carbonyl (C=O) groups excluding carboxylic acids is 2. The van der Waals surface area contributed by atoms with Crippen LogP contribution in [-0.4, -0.2) is 72.8 Å². The van der Waals surface area contributed by atoms with Crippen LogP contribution in [0.1, 0.15) is 32.7 Å². The molecule has 0 N–H and O–H groups in total. The van der Waals surface area contributed by atoms with E-state index in [1.54, 1.807) is 0 Å². The Balaban J connectivity index is 1.76. The van der Waals surface area contributed by atoms with Gasteiger partial charge < -0.3 is 18.9 Å². The summed E-state index contributed by atoms with van der Waals surface area (Å²) in [6, 6.07) is 14.1. The van der Waals surface area contributed by atoms with Crippen molar-refractivity contribution in [3.8, 4) is 29.1 Å². The molecule has 316 valence electrons. The number of alkyl halides is 17. The molecule has 3 aromatic rings. The van der Waals surface area contributed by atoms with Crippen molar-refractivity contribution in [3.05, 3.63) is 96.1 Å². The van der Waals surface area contributed by atoms with E-state index in [2.05, 4.69) is 11.3 Å². The van der Waals surface area contributed by atoms with Crippen LogP contribution in [0.2, 0.25) is 0 Å². The average molecular weight is 862 g/mol. The molecule has 0 saturated heterocycles. The average Bonchev–Trinajstić information content (AvgIpc) is 3.13. The van der Waals surface area contributed by atoms with Gasteiger partial charge in [-0.05, 0) is 60.7 Å². The summed E-state index contributed by atoms with van der Waals surface area (Å²) < 4.78 is 250. The molecule has 3 aromatic carbocycles. The molecule has 0 amide bonds. The molecule has 0 heterocycles. The molecule has 0 unspecified atom stereocenters. The molecule has 0 aliphatic carbocycles. The molecule has 0 aliphatic rings. The van der Waals surface area contributed by atoms with Gasteiger partial charge in [-0.25, -0.2) is 9.59 Å². The maximum Gasteiger partial charge on any atom is 0.460 e. The quantitative estimate of drug-likeness (QED) is 0.0577. The van der Waals surface area contributed by atoms with Crippen molar-refractivity contribution in [3.63, 3.8) is 0 Å². The first-order valence-corrected chi connectivity index (χ1v) is 15.2. The lowest BCUT2D eigenvalue weighted by atomic mass is 9.88. The molecule has 24 heteroatoms. The number of halogens is 17. The fraction of sp³-hybridized carbons (Fsp3) is 0.324. The third kappa shape index (κ3) is 8.57. The summed E-state index contributed by atoms with van der Waals surface area (Å²) in [7, 11) is 0. The maximum absolute atomic E-state index is 14.3. The topological polar surface area (TPSA) is 94.8 Å². The smallest absolute Gasteiger partial charge is 0.460 e. The van der Waals surface area contributed by atoms with Crippen LogP contribution in [0, 0.1) is 11.3 Å². The highest BCUT2D eigenvalue weighted by atomic mass is 19.4. The molecule has 0 fully saturated rings. The zero-order valence-electron chi connectivity index (χ0n) is 28.1. The molecule has 0 atom stereocenters. The first-order chi connectivity index (χ1) is 26.4. The van der Waals surface area contributed by atoms with Gasteiger partial charge in [-0.15, -0.1) is 0 Å². The Labute approximate surface area is 313 Å². The second kappa shape index (κ2) is 16.2. The maximum atomic E-state index is 14.3. The Morgan fingerprint density at radius 1 is 0.586 bits per heavy atom. The predicted octanol–water partition coefficient (Wildman–Crippen LogP) is 10.3. The highest BCUT2D eigenvalue weighted by Crippen LogP contribution is 2.64. The molecule has 7 nitrogen and oxygen atoms in total. The highest BCUT2D eigenvalue weighted by molar-refractivity contribution is 5.95. The lowest BCUT2D eigenvalue weighted by Gasteiger charge is -2.42. The van der Waals surface area contributed by atoms with Crippen LogP contribution in [0.4, 0.5) is 74.6 Å². The van der Waals surface area contributed by atoms with Gasteiger partial charge in [0.25, 0.3) is 0 Å². The van der Waals surface area contributed by atoms with Gasteiger partial charge in [-0.1, -0.05) is 12.7 Å². The Morgan fingerprint density at radius 3 is 1.52 bits per heavy atom. The number of hydrogen-bond acceptors (Lipinski definition) is 7. The molecule has 0 aliphatic heterocycles. The summed E-state index contributed by atoms with van der Waals surface area (Å²) in [5, 5.41) is 8.84. The van der Waals surface area contributed by atoms with E-state index in [0.717, 1.165) is 24.3 Å². The van der Waals surface area contributed by atoms with Crippen LogP contribution in [0.3, 0.4) is 0 Å². The summed E-state index contributed by atoms with van der Waals surface area (Å²) in [6.07, 6.45) is -9.61. The zero-order chi connectivity index (χ0) is 44.3. The van der Waals surface area contributed by atoms with Gasteiger partial charge in [-0.3, -0.25) is 0 Å². The van der Waals surface area contributed by atoms with Crippen LogP contribution in [0.25, 0.3) is 0 Å². The molecular weight excluding hydrogens is 841 g/mol. The largest absolute Gasteiger partial charge is 0.493 e. The number of esters is 2. The van der Waals surface area contributed by atoms with Gasteiger partial charge in [0, 0.05) is 6.07 Å². The summed E-state index contributed by atoms with van der Waals surface area (Å²) in [6.45, 7) is 0.969. The van der Waals surface area contributed by atoms with Crippen LogP contribution >= 0.6 is 0 Å². The molecule has 58 heavy (non-hydrogen) atoms. The van der Waals surface area contributed by atoms with Crippen molar-refractivity contribution in [1.82, 2.24) is 0 Å². The molecular formula is C34H20F17NO6. The third-order valence-electron chi connectivity index (χ3n) is 7.50. The second-order valence-electron chi connectivity index (χ2n) is 11.4. The first kappa shape index (κ1) is 46.6. The van der Waals surface area contributed by atoms with Crippen molar-refractivity contribution in [2.75, 3.05) is 13.2 Å². The van der Waals surface area contributed by atoms with Gasteiger partial charge >= 0.3 is 59.6 Å². The minimum atomic E-state index is -8.74. The van der Waals surface area contributed by atoms with Crippen LogP contribution < -0.4 is 18.9 Å². The molecule has 0 aromatic heterocycles. The minimum absolute atomic E-state index is 0.0356. The normalized spacial score (nSPS) is 13.3. The number of hydrogen-bond donors (Lipinski definition) is 0. The molecule has 3 rings (SSSR count). The lowest BCUT2D eigenvalue weighted by Crippen LogP contribution is -2.74. The first-order valence-electron chi connectivity index (χ1n) is 15.2. The van der Waals surface area contributed by atoms with E-state index in [9.17, 15) is 84.2 Å². The summed E-state index contributed by atoms with van der Waals surface area (Å²) in [4.78, 5) is 25.3. The Hall–Kier alpha value is -5.76. The number of ether oxygens (including phenoxy) is 4. The van der Waals surface area contributed by atoms with Gasteiger partial charge in [0.2, 0.25) is 0 Å². The van der Waals surface area contributed by atoms with Crippen molar-refractivity contribution >= 4 is 11.9 Å². The zero-order valence-corrected chi connectivity index (χ0v) is 28.1. The minimum Gasteiger partial charge on any atom is -0.493 e. The van der Waals surface area contributed by atoms with Gasteiger partial charge in [0.05, 0.1) is 30.2 Å². The summed E-state index contributed by atoms with van der Waals surface area (Å²) >= 11 is 0. The van der Waals surface area contributed by atoms with Gasteiger partial charge in [0.1, 0.15) is 35.2 Å². The van der Waals surface area contributed by atoms with E-state index in [0.29, 0.717) is 17.7 Å². The Bertz CT molecular complexity index is 2010. The Kier molecular flexibility index (Phi) is 13.1. The van der Waals surface area contributed by atoms with Crippen molar-refractivity contribution < 1.29 is 103 Å². The summed E-state index contributed by atoms with van der Waals surface area (Å²) in [5.41, 5.74) is -0.226. The monoisotopic (exact) mass is 861 g/mol. The van der Waals surface area contributed by atoms with Crippen molar-refractivity contribution in [1.29, 1.82) is 5.26 Å². The predicted molar refractivity (Wildman–Crippen MR) is 160 cm³/mol. The van der Waals surface area contributed by atoms with Crippen molar-refractivity contribution in [2.24, 2.45) is 0 Å². The lowest BCUT2D eigenvalue weighted by molar-refractivity contribution is -0.461. The van der Waals surface area contributed by atoms with E-state index in [4.69, 9.17) is 19.5 Å². The summed E-state index contributed by atoms with van der Waals surface area (Å²) in [5.74, 6) is -60.7. The van der Waals surface area contributed by atoms with Crippen LogP contribution in [0.5, 0.6) is 23.0 Å². The molecule has 0 bridgehead atoms. The van der Waals surface area contributed by atoms with E-state index in [1.165, 1.54) is 36.4 Å². The molecule has 0 radical (unpaired) electrons. The van der Waals surface area contributed by atoms with E-state index >= 15 is 0 Å². The van der Waals surface area contributed by atoms with Crippen molar-refractivity contribution in [2.45, 2.75) is 54.1 Å². The van der Waals surface area contributed by atoms with Crippen LogP contribution in [0.15, 0.2) is 79.4 Å². The Morgan fingerprint density at radius 2 is 1.03 bits per heavy atom. The number of nitrogens with zero attached hydrogens (tertiary/aromatic N) is 1. The van der Waals surface area contributed by atoms with Gasteiger partial charge in [0.15, 0.2) is 0 Å². The number of rotatable bonds is 17. The standard InChI is InChI=1S/C34H20F17NO6/c1-2-14-56-24-16-22(11-12-23(24)26(54)58-21-9-5-19(6-10-21)25(53)57-20-7-3-18(17-52)4-8-20)55-15-13-27(35,36)28(37,38)29(39,40)30(41,42)31(43,44)32(45,46)33(47,48)34(49,50)51/h2-12,16H,1,13-15H2. The fourth-order valence-electron chi connectivity index (χ4n) is 4.26. The second-order valence-corrected chi connectivity index (χ2v) is 11.4. The van der Waals surface area contributed by atoms with Crippen LogP contribution in [-0.2, 0) is 0 Å². The van der Waals surface area contributed by atoms with Gasteiger partial charge in [-0.2, -0.15) is 79.9 Å². The van der Waals surface area contributed by atoms with E-state index < -0.39 is 96.3 Å².